The van der Waals surface area contributed by atoms with Gasteiger partial charge in [-0.15, -0.1) is 0 Å². The predicted molar refractivity (Wildman–Crippen MR) is 123 cm³/mol. The molecule has 1 heterocycles. The maximum atomic E-state index is 13.2. The van der Waals surface area contributed by atoms with Crippen LogP contribution in [0, 0.1) is 18.3 Å². The molecule has 0 bridgehead atoms. The SMILES string of the molecule is Cc1ccc(-n2c(SCC(=O)Nc3cccc(C#N)c3)nc3ccccc3c2=O)cc1. The molecule has 1 N–H and O–H groups in total. The summed E-state index contributed by atoms with van der Waals surface area (Å²) in [6, 6.07) is 23.5. The van der Waals surface area contributed by atoms with Crippen LogP contribution in [0.5, 0.6) is 0 Å². The van der Waals surface area contributed by atoms with Gasteiger partial charge in [0.15, 0.2) is 5.16 Å². The zero-order valence-corrected chi connectivity index (χ0v) is 17.5. The molecule has 4 rings (SSSR count). The summed E-state index contributed by atoms with van der Waals surface area (Å²) in [4.78, 5) is 30.4. The minimum absolute atomic E-state index is 0.0629. The molecule has 1 aromatic heterocycles. The molecule has 0 radical (unpaired) electrons. The molecule has 0 saturated heterocycles. The third-order valence-electron chi connectivity index (χ3n) is 4.64. The minimum atomic E-state index is -0.252. The van der Waals surface area contributed by atoms with Crippen molar-refractivity contribution in [3.05, 3.63) is 94.3 Å². The van der Waals surface area contributed by atoms with Gasteiger partial charge in [0, 0.05) is 5.69 Å². The van der Waals surface area contributed by atoms with E-state index in [1.807, 2.05) is 43.3 Å². The van der Waals surface area contributed by atoms with Gasteiger partial charge >= 0.3 is 0 Å². The zero-order chi connectivity index (χ0) is 21.8. The Labute approximate surface area is 183 Å². The molecule has 0 spiro atoms. The number of anilines is 1. The van der Waals surface area contributed by atoms with Crippen molar-refractivity contribution in [1.29, 1.82) is 5.26 Å². The van der Waals surface area contributed by atoms with Crippen molar-refractivity contribution < 1.29 is 4.79 Å². The number of benzene rings is 3. The Morgan fingerprint density at radius 3 is 2.65 bits per heavy atom. The van der Waals surface area contributed by atoms with Crippen LogP contribution in [0.1, 0.15) is 11.1 Å². The number of nitrogens with one attached hydrogen (secondary N) is 1. The number of carbonyl (C=O) groups excluding carboxylic acids is 1. The van der Waals surface area contributed by atoms with E-state index < -0.39 is 0 Å². The largest absolute Gasteiger partial charge is 0.325 e. The van der Waals surface area contributed by atoms with Crippen LogP contribution in [-0.4, -0.2) is 21.2 Å². The Kier molecular flexibility index (Phi) is 5.83. The fourth-order valence-electron chi connectivity index (χ4n) is 3.12. The van der Waals surface area contributed by atoms with E-state index in [1.54, 1.807) is 42.5 Å². The second kappa shape index (κ2) is 8.86. The van der Waals surface area contributed by atoms with Crippen LogP contribution in [0.3, 0.4) is 0 Å². The van der Waals surface area contributed by atoms with Gasteiger partial charge in [-0.1, -0.05) is 47.7 Å². The van der Waals surface area contributed by atoms with Crippen molar-refractivity contribution in [3.8, 4) is 11.8 Å². The molecule has 0 saturated carbocycles. The molecular weight excluding hydrogens is 408 g/mol. The van der Waals surface area contributed by atoms with Crippen LogP contribution in [0.15, 0.2) is 82.7 Å². The fourth-order valence-corrected chi connectivity index (χ4v) is 3.94. The third-order valence-corrected chi connectivity index (χ3v) is 5.58. The minimum Gasteiger partial charge on any atom is -0.325 e. The highest BCUT2D eigenvalue weighted by Gasteiger charge is 2.15. The summed E-state index contributed by atoms with van der Waals surface area (Å²) in [5.74, 6) is -0.189. The topological polar surface area (TPSA) is 87.8 Å². The molecular formula is C24H18N4O2S. The molecule has 0 unspecified atom stereocenters. The van der Waals surface area contributed by atoms with Crippen LogP contribution >= 0.6 is 11.8 Å². The standard InChI is InChI=1S/C24H18N4O2S/c1-16-9-11-19(12-10-16)28-23(30)20-7-2-3-8-21(20)27-24(28)31-15-22(29)26-18-6-4-5-17(13-18)14-25/h2-13H,15H2,1H3,(H,26,29). The highest BCUT2D eigenvalue weighted by Crippen LogP contribution is 2.22. The second-order valence-electron chi connectivity index (χ2n) is 6.92. The summed E-state index contributed by atoms with van der Waals surface area (Å²) in [6.07, 6.45) is 0. The van der Waals surface area contributed by atoms with Gasteiger partial charge in [-0.25, -0.2) is 4.98 Å². The third kappa shape index (κ3) is 4.49. The van der Waals surface area contributed by atoms with Crippen molar-refractivity contribution >= 4 is 34.3 Å². The van der Waals surface area contributed by atoms with Gasteiger partial charge in [-0.2, -0.15) is 5.26 Å². The van der Waals surface area contributed by atoms with Crippen LogP contribution in [-0.2, 0) is 4.79 Å². The molecule has 1 amide bonds. The predicted octanol–water partition coefficient (Wildman–Crippen LogP) is 4.30. The maximum Gasteiger partial charge on any atom is 0.266 e. The molecule has 31 heavy (non-hydrogen) atoms. The Balaban J connectivity index is 1.65. The first-order valence-corrected chi connectivity index (χ1v) is 10.6. The number of aromatic nitrogens is 2. The highest BCUT2D eigenvalue weighted by atomic mass is 32.2. The molecule has 152 valence electrons. The second-order valence-corrected chi connectivity index (χ2v) is 7.86. The summed E-state index contributed by atoms with van der Waals surface area (Å²) in [5.41, 5.74) is 3.19. The van der Waals surface area contributed by atoms with E-state index in [9.17, 15) is 9.59 Å². The number of thioether (sulfide) groups is 1. The number of rotatable bonds is 5. The van der Waals surface area contributed by atoms with Gasteiger partial charge in [-0.05, 0) is 49.4 Å². The smallest absolute Gasteiger partial charge is 0.266 e. The number of aryl methyl sites for hydroxylation is 1. The number of fused-ring (bicyclic) bond motifs is 1. The lowest BCUT2D eigenvalue weighted by molar-refractivity contribution is -0.113. The maximum absolute atomic E-state index is 13.2. The lowest BCUT2D eigenvalue weighted by Gasteiger charge is -2.13. The highest BCUT2D eigenvalue weighted by molar-refractivity contribution is 7.99. The van der Waals surface area contributed by atoms with E-state index >= 15 is 0 Å². The summed E-state index contributed by atoms with van der Waals surface area (Å²) in [7, 11) is 0. The molecule has 0 aliphatic heterocycles. The van der Waals surface area contributed by atoms with Crippen molar-refractivity contribution in [1.82, 2.24) is 9.55 Å². The number of carbonyl (C=O) groups is 1. The van der Waals surface area contributed by atoms with E-state index in [0.717, 1.165) is 5.56 Å². The summed E-state index contributed by atoms with van der Waals surface area (Å²) >= 11 is 1.19. The van der Waals surface area contributed by atoms with Gasteiger partial charge in [-0.3, -0.25) is 14.2 Å². The number of para-hydroxylation sites is 1. The first-order valence-electron chi connectivity index (χ1n) is 9.57. The van der Waals surface area contributed by atoms with E-state index in [2.05, 4.69) is 10.3 Å². The zero-order valence-electron chi connectivity index (χ0n) is 16.7. The van der Waals surface area contributed by atoms with E-state index in [1.165, 1.54) is 16.3 Å². The molecule has 0 aliphatic carbocycles. The van der Waals surface area contributed by atoms with Crippen molar-refractivity contribution in [2.24, 2.45) is 0 Å². The molecule has 3 aromatic carbocycles. The number of hydrogen-bond donors (Lipinski definition) is 1. The average Bonchev–Trinajstić information content (AvgIpc) is 2.79. The fraction of sp³-hybridized carbons (Fsp3) is 0.0833. The van der Waals surface area contributed by atoms with Gasteiger partial charge in [0.2, 0.25) is 5.91 Å². The van der Waals surface area contributed by atoms with Crippen LogP contribution in [0.4, 0.5) is 5.69 Å². The Morgan fingerprint density at radius 1 is 1.10 bits per heavy atom. The molecule has 0 fully saturated rings. The van der Waals surface area contributed by atoms with Crippen LogP contribution in [0.2, 0.25) is 0 Å². The van der Waals surface area contributed by atoms with Crippen molar-refractivity contribution in [3.63, 3.8) is 0 Å². The number of amides is 1. The first-order chi connectivity index (χ1) is 15.0. The Hall–Kier alpha value is -3.89. The van der Waals surface area contributed by atoms with Gasteiger partial charge < -0.3 is 5.32 Å². The number of nitriles is 1. The Bertz CT molecular complexity index is 1370. The first kappa shape index (κ1) is 20.4. The van der Waals surface area contributed by atoms with Crippen LogP contribution in [0.25, 0.3) is 16.6 Å². The van der Waals surface area contributed by atoms with Gasteiger partial charge in [0.05, 0.1) is 34.0 Å². The van der Waals surface area contributed by atoms with E-state index in [4.69, 9.17) is 5.26 Å². The average molecular weight is 427 g/mol. The number of nitrogens with zero attached hydrogens (tertiary/aromatic N) is 3. The van der Waals surface area contributed by atoms with Gasteiger partial charge in [0.25, 0.3) is 5.56 Å². The molecule has 6 nitrogen and oxygen atoms in total. The lowest BCUT2D eigenvalue weighted by atomic mass is 10.2. The van der Waals surface area contributed by atoms with Crippen molar-refractivity contribution in [2.75, 3.05) is 11.1 Å². The van der Waals surface area contributed by atoms with E-state index in [0.29, 0.717) is 33.0 Å². The molecule has 7 heteroatoms. The summed E-state index contributed by atoms with van der Waals surface area (Å²) < 4.78 is 1.54. The quantitative estimate of drug-likeness (QED) is 0.380. The molecule has 0 atom stereocenters. The summed E-state index contributed by atoms with van der Waals surface area (Å²) in [5, 5.41) is 12.7. The number of hydrogen-bond acceptors (Lipinski definition) is 5. The molecule has 4 aromatic rings. The van der Waals surface area contributed by atoms with E-state index in [-0.39, 0.29) is 17.2 Å². The lowest BCUT2D eigenvalue weighted by Crippen LogP contribution is -2.23. The molecule has 0 aliphatic rings. The van der Waals surface area contributed by atoms with Crippen molar-refractivity contribution in [2.45, 2.75) is 12.1 Å². The Morgan fingerprint density at radius 2 is 1.87 bits per heavy atom. The van der Waals surface area contributed by atoms with Crippen LogP contribution < -0.4 is 10.9 Å². The van der Waals surface area contributed by atoms with Gasteiger partial charge in [0.1, 0.15) is 0 Å². The monoisotopic (exact) mass is 426 g/mol. The normalized spacial score (nSPS) is 10.6. The summed E-state index contributed by atoms with van der Waals surface area (Å²) in [6.45, 7) is 1.98.